The van der Waals surface area contributed by atoms with Gasteiger partial charge >= 0.3 is 0 Å². The van der Waals surface area contributed by atoms with Crippen molar-refractivity contribution in [3.05, 3.63) is 0 Å². The molecule has 4 fully saturated rings. The Morgan fingerprint density at radius 3 is 2.24 bits per heavy atom. The van der Waals surface area contributed by atoms with Crippen molar-refractivity contribution < 1.29 is 4.79 Å². The summed E-state index contributed by atoms with van der Waals surface area (Å²) in [6, 6.07) is 0. The Morgan fingerprint density at radius 1 is 0.880 bits per heavy atom. The molecular formula is C24H40O. The lowest BCUT2D eigenvalue weighted by Gasteiger charge is -2.63. The highest BCUT2D eigenvalue weighted by atomic mass is 16.1. The van der Waals surface area contributed by atoms with Gasteiger partial charge in [-0.15, -0.1) is 0 Å². The Morgan fingerprint density at radius 2 is 1.56 bits per heavy atom. The van der Waals surface area contributed by atoms with Crippen LogP contribution in [-0.4, -0.2) is 5.78 Å². The standard InChI is InChI=1S/C24H40O/c1-21(2,3)24(6)14-11-20-18-8-7-16-15-17(25)9-12-22(16,4)19(18)10-13-23(20,24)5/h16,18-20H,7-15H2,1-6H3/t16?,18?,19-,20-,22-,23-,24+/m0/s1. The lowest BCUT2D eigenvalue weighted by molar-refractivity contribution is -0.150. The van der Waals surface area contributed by atoms with Crippen molar-refractivity contribution in [2.45, 2.75) is 99.3 Å². The van der Waals surface area contributed by atoms with Crippen LogP contribution in [0.2, 0.25) is 0 Å². The summed E-state index contributed by atoms with van der Waals surface area (Å²) in [7, 11) is 0. The molecule has 2 unspecified atom stereocenters. The molecule has 1 nitrogen and oxygen atoms in total. The highest BCUT2D eigenvalue weighted by molar-refractivity contribution is 5.79. The maximum atomic E-state index is 12.0. The second kappa shape index (κ2) is 5.35. The molecule has 0 aliphatic heterocycles. The zero-order valence-electron chi connectivity index (χ0n) is 17.6. The minimum atomic E-state index is 0.391. The van der Waals surface area contributed by atoms with E-state index in [4.69, 9.17) is 0 Å². The van der Waals surface area contributed by atoms with E-state index in [0.29, 0.717) is 33.4 Å². The van der Waals surface area contributed by atoms with Crippen molar-refractivity contribution in [1.29, 1.82) is 0 Å². The zero-order chi connectivity index (χ0) is 18.3. The van der Waals surface area contributed by atoms with Crippen LogP contribution in [0.1, 0.15) is 99.3 Å². The minimum Gasteiger partial charge on any atom is -0.300 e. The fourth-order valence-corrected chi connectivity index (χ4v) is 8.54. The Bertz CT molecular complexity index is 571. The highest BCUT2D eigenvalue weighted by Gasteiger charge is 2.65. The molecule has 0 aromatic carbocycles. The van der Waals surface area contributed by atoms with Gasteiger partial charge in [-0.2, -0.15) is 0 Å². The summed E-state index contributed by atoms with van der Waals surface area (Å²) < 4.78 is 0. The number of ketones is 1. The number of carbonyl (C=O) groups is 1. The van der Waals surface area contributed by atoms with Crippen molar-refractivity contribution in [3.8, 4) is 0 Å². The Labute approximate surface area is 155 Å². The molecule has 7 atom stereocenters. The maximum absolute atomic E-state index is 12.0. The molecule has 142 valence electrons. The summed E-state index contributed by atoms with van der Waals surface area (Å²) in [5.41, 5.74) is 1.83. The van der Waals surface area contributed by atoms with Gasteiger partial charge in [-0.3, -0.25) is 4.79 Å². The molecule has 0 aromatic heterocycles. The SMILES string of the molecule is CC(C)(C)[C@@]1(C)CC[C@H]2C3CCC4CC(=O)CC[C@]4(C)[C@H]3CC[C@@]21C. The molecule has 25 heavy (non-hydrogen) atoms. The van der Waals surface area contributed by atoms with Gasteiger partial charge in [-0.25, -0.2) is 0 Å². The third kappa shape index (κ3) is 2.23. The molecule has 0 spiro atoms. The summed E-state index contributed by atoms with van der Waals surface area (Å²) in [5, 5.41) is 0. The summed E-state index contributed by atoms with van der Waals surface area (Å²) in [5.74, 6) is 3.97. The number of Topliss-reactive ketones (excluding diaryl/α,β-unsaturated/α-hetero) is 1. The normalized spacial score (nSPS) is 53.1. The van der Waals surface area contributed by atoms with E-state index < -0.39 is 0 Å². The Hall–Kier alpha value is -0.330. The minimum absolute atomic E-state index is 0.391. The summed E-state index contributed by atoms with van der Waals surface area (Å²) in [6.45, 7) is 15.3. The van der Waals surface area contributed by atoms with E-state index in [9.17, 15) is 4.79 Å². The van der Waals surface area contributed by atoms with Crippen molar-refractivity contribution in [3.63, 3.8) is 0 Å². The molecule has 4 rings (SSSR count). The molecule has 0 saturated heterocycles. The molecule has 4 aliphatic rings. The first-order chi connectivity index (χ1) is 11.5. The van der Waals surface area contributed by atoms with E-state index in [1.807, 2.05) is 0 Å². The number of fused-ring (bicyclic) bond motifs is 5. The van der Waals surface area contributed by atoms with Crippen molar-refractivity contribution in [2.24, 2.45) is 45.3 Å². The smallest absolute Gasteiger partial charge is 0.133 e. The van der Waals surface area contributed by atoms with Gasteiger partial charge in [0.1, 0.15) is 5.78 Å². The van der Waals surface area contributed by atoms with E-state index in [2.05, 4.69) is 41.5 Å². The Balaban J connectivity index is 1.66. The number of hydrogen-bond acceptors (Lipinski definition) is 1. The summed E-state index contributed by atoms with van der Waals surface area (Å²) in [6.07, 6.45) is 11.4. The first kappa shape index (κ1) is 18.1. The molecule has 0 radical (unpaired) electrons. The molecule has 0 aromatic rings. The lowest BCUT2D eigenvalue weighted by Crippen LogP contribution is -2.56. The van der Waals surface area contributed by atoms with Crippen molar-refractivity contribution >= 4 is 5.78 Å². The van der Waals surface area contributed by atoms with E-state index >= 15 is 0 Å². The van der Waals surface area contributed by atoms with Gasteiger partial charge in [0.05, 0.1) is 0 Å². The van der Waals surface area contributed by atoms with Gasteiger partial charge in [0.25, 0.3) is 0 Å². The van der Waals surface area contributed by atoms with Crippen molar-refractivity contribution in [1.82, 2.24) is 0 Å². The maximum Gasteiger partial charge on any atom is 0.133 e. The van der Waals surface area contributed by atoms with E-state index in [0.717, 1.165) is 30.6 Å². The van der Waals surface area contributed by atoms with Crippen LogP contribution in [0.25, 0.3) is 0 Å². The van der Waals surface area contributed by atoms with E-state index in [1.165, 1.54) is 44.9 Å². The van der Waals surface area contributed by atoms with Crippen LogP contribution in [0, 0.1) is 45.3 Å². The van der Waals surface area contributed by atoms with Crippen molar-refractivity contribution in [2.75, 3.05) is 0 Å². The number of carbonyl (C=O) groups excluding carboxylic acids is 1. The van der Waals surface area contributed by atoms with Gasteiger partial charge in [0, 0.05) is 12.8 Å². The van der Waals surface area contributed by atoms with Gasteiger partial charge in [-0.05, 0) is 90.3 Å². The second-order valence-corrected chi connectivity index (χ2v) is 12.0. The van der Waals surface area contributed by atoms with Crippen LogP contribution in [0.15, 0.2) is 0 Å². The predicted molar refractivity (Wildman–Crippen MR) is 104 cm³/mol. The molecule has 0 heterocycles. The molecule has 4 saturated carbocycles. The van der Waals surface area contributed by atoms with E-state index in [1.54, 1.807) is 0 Å². The van der Waals surface area contributed by atoms with Crippen LogP contribution < -0.4 is 0 Å². The van der Waals surface area contributed by atoms with E-state index in [-0.39, 0.29) is 0 Å². The summed E-state index contributed by atoms with van der Waals surface area (Å²) >= 11 is 0. The number of hydrogen-bond donors (Lipinski definition) is 0. The quantitative estimate of drug-likeness (QED) is 0.481. The molecule has 4 aliphatic carbocycles. The van der Waals surface area contributed by atoms with Crippen LogP contribution in [0.3, 0.4) is 0 Å². The van der Waals surface area contributed by atoms with Gasteiger partial charge in [-0.1, -0.05) is 41.5 Å². The number of rotatable bonds is 0. The second-order valence-electron chi connectivity index (χ2n) is 12.0. The summed E-state index contributed by atoms with van der Waals surface area (Å²) in [4.78, 5) is 12.0. The van der Waals surface area contributed by atoms with Crippen LogP contribution in [0.5, 0.6) is 0 Å². The largest absolute Gasteiger partial charge is 0.300 e. The first-order valence-corrected chi connectivity index (χ1v) is 11.0. The van der Waals surface area contributed by atoms with Gasteiger partial charge in [0.15, 0.2) is 0 Å². The highest BCUT2D eigenvalue weighted by Crippen LogP contribution is 2.73. The topological polar surface area (TPSA) is 17.1 Å². The third-order valence-corrected chi connectivity index (χ3v) is 10.7. The monoisotopic (exact) mass is 344 g/mol. The predicted octanol–water partition coefficient (Wildman–Crippen LogP) is 6.65. The molecule has 0 amide bonds. The fraction of sp³-hybridized carbons (Fsp3) is 0.958. The average Bonchev–Trinajstić information content (AvgIpc) is 2.81. The Kier molecular flexibility index (Phi) is 3.87. The molecular weight excluding hydrogens is 304 g/mol. The van der Waals surface area contributed by atoms with Crippen LogP contribution in [0.4, 0.5) is 0 Å². The van der Waals surface area contributed by atoms with Crippen LogP contribution in [-0.2, 0) is 4.79 Å². The first-order valence-electron chi connectivity index (χ1n) is 11.0. The third-order valence-electron chi connectivity index (χ3n) is 10.7. The zero-order valence-corrected chi connectivity index (χ0v) is 17.6. The van der Waals surface area contributed by atoms with Gasteiger partial charge in [0.2, 0.25) is 0 Å². The molecule has 0 bridgehead atoms. The fourth-order valence-electron chi connectivity index (χ4n) is 8.54. The van der Waals surface area contributed by atoms with Crippen LogP contribution >= 0.6 is 0 Å². The molecule has 0 N–H and O–H groups in total. The lowest BCUT2D eigenvalue weighted by atomic mass is 9.42. The molecule has 1 heteroatoms. The average molecular weight is 345 g/mol. The van der Waals surface area contributed by atoms with Gasteiger partial charge < -0.3 is 0 Å².